The van der Waals surface area contributed by atoms with E-state index in [1.807, 2.05) is 64.1 Å². The lowest BCUT2D eigenvalue weighted by atomic mass is 10.1. The van der Waals surface area contributed by atoms with Crippen LogP contribution >= 0.6 is 0 Å². The molecule has 0 atom stereocenters. The highest BCUT2D eigenvalue weighted by Gasteiger charge is 2.35. The average molecular weight is 430 g/mol. The molecule has 2 aromatic carbocycles. The number of anilines is 1. The zero-order valence-corrected chi connectivity index (χ0v) is 19.1. The summed E-state index contributed by atoms with van der Waals surface area (Å²) in [6.45, 7) is 8.93. The Balaban J connectivity index is 1.74. The van der Waals surface area contributed by atoms with Gasteiger partial charge in [0.05, 0.1) is 6.54 Å². The minimum Gasteiger partial charge on any atom is -0.324 e. The fraction of sp³-hybridized carbons (Fsp3) is 0.435. The van der Waals surface area contributed by atoms with Crippen molar-refractivity contribution < 1.29 is 13.2 Å². The number of para-hydroxylation sites is 1. The Morgan fingerprint density at radius 3 is 2.47 bits per heavy atom. The van der Waals surface area contributed by atoms with Gasteiger partial charge in [-0.25, -0.2) is 0 Å². The maximum Gasteiger partial charge on any atom is 0.282 e. The number of nitrogens with one attached hydrogen (secondary N) is 1. The Labute approximate surface area is 180 Å². The molecule has 0 aliphatic carbocycles. The van der Waals surface area contributed by atoms with Gasteiger partial charge in [-0.05, 0) is 55.9 Å². The van der Waals surface area contributed by atoms with Gasteiger partial charge in [-0.1, -0.05) is 48.9 Å². The lowest BCUT2D eigenvalue weighted by Gasteiger charge is -2.34. The number of benzene rings is 2. The summed E-state index contributed by atoms with van der Waals surface area (Å²) < 4.78 is 29.1. The molecule has 3 rings (SSSR count). The van der Waals surface area contributed by atoms with E-state index in [-0.39, 0.29) is 12.5 Å². The highest BCUT2D eigenvalue weighted by atomic mass is 32.2. The van der Waals surface area contributed by atoms with E-state index in [1.165, 1.54) is 8.61 Å². The molecule has 30 heavy (non-hydrogen) atoms. The fourth-order valence-electron chi connectivity index (χ4n) is 3.84. The lowest BCUT2D eigenvalue weighted by molar-refractivity contribution is -0.116. The predicted octanol–water partition coefficient (Wildman–Crippen LogP) is 3.57. The van der Waals surface area contributed by atoms with Crippen LogP contribution in [0.3, 0.4) is 0 Å². The predicted molar refractivity (Wildman–Crippen MR) is 121 cm³/mol. The van der Waals surface area contributed by atoms with Gasteiger partial charge in [0, 0.05) is 25.3 Å². The molecule has 162 valence electrons. The van der Waals surface area contributed by atoms with Gasteiger partial charge in [0.2, 0.25) is 5.91 Å². The summed E-state index contributed by atoms with van der Waals surface area (Å²) in [7, 11) is -3.70. The molecule has 0 radical (unpaired) electrons. The number of nitrogens with zero attached hydrogens (tertiary/aromatic N) is 2. The first-order chi connectivity index (χ1) is 14.2. The molecule has 2 aromatic rings. The average Bonchev–Trinajstić information content (AvgIpc) is 2.69. The highest BCUT2D eigenvalue weighted by Crippen LogP contribution is 2.23. The van der Waals surface area contributed by atoms with Crippen molar-refractivity contribution in [2.45, 2.75) is 47.1 Å². The molecular formula is C23H31N3O3S. The first-order valence-electron chi connectivity index (χ1n) is 10.4. The topological polar surface area (TPSA) is 69.7 Å². The highest BCUT2D eigenvalue weighted by molar-refractivity contribution is 7.86. The van der Waals surface area contributed by atoms with Gasteiger partial charge < -0.3 is 5.32 Å². The van der Waals surface area contributed by atoms with Crippen molar-refractivity contribution in [3.63, 3.8) is 0 Å². The van der Waals surface area contributed by atoms with E-state index >= 15 is 0 Å². The Bertz CT molecular complexity index is 1030. The van der Waals surface area contributed by atoms with Crippen molar-refractivity contribution in [3.8, 4) is 0 Å². The monoisotopic (exact) mass is 429 g/mol. The van der Waals surface area contributed by atoms with Crippen LogP contribution in [-0.2, 0) is 28.0 Å². The van der Waals surface area contributed by atoms with Crippen LogP contribution in [0.15, 0.2) is 36.4 Å². The second-order valence-corrected chi connectivity index (χ2v) is 9.90. The molecule has 1 aliphatic heterocycles. The number of amides is 1. The summed E-state index contributed by atoms with van der Waals surface area (Å²) in [4.78, 5) is 12.7. The first-order valence-corrected chi connectivity index (χ1v) is 11.8. The number of carbonyl (C=O) groups excluding carboxylic acids is 1. The maximum atomic E-state index is 13.2. The summed E-state index contributed by atoms with van der Waals surface area (Å²) in [5.74, 6) is -0.309. The van der Waals surface area contributed by atoms with Crippen molar-refractivity contribution >= 4 is 21.8 Å². The molecule has 1 N–H and O–H groups in total. The zero-order chi connectivity index (χ0) is 21.9. The van der Waals surface area contributed by atoms with E-state index in [0.29, 0.717) is 26.1 Å². The molecule has 0 spiro atoms. The van der Waals surface area contributed by atoms with E-state index in [2.05, 4.69) is 5.32 Å². The van der Waals surface area contributed by atoms with E-state index < -0.39 is 10.2 Å². The standard InChI is InChI=1S/C23H31N3O3S/c1-5-20-9-6-8-19(4)23(20)24-22(27)16-26-13-7-12-25(30(26,28)29)15-21-14-17(2)10-11-18(21)3/h6,8-11,14H,5,7,12-13,15-16H2,1-4H3,(H,24,27). The van der Waals surface area contributed by atoms with Crippen molar-refractivity contribution in [1.29, 1.82) is 0 Å². The SMILES string of the molecule is CCc1cccc(C)c1NC(=O)CN1CCCN(Cc2cc(C)ccc2C)S1(=O)=O. The van der Waals surface area contributed by atoms with Gasteiger partial charge in [-0.15, -0.1) is 0 Å². The number of hydrogen-bond acceptors (Lipinski definition) is 3. The second-order valence-electron chi connectivity index (χ2n) is 7.97. The molecule has 7 heteroatoms. The molecule has 1 aliphatic rings. The van der Waals surface area contributed by atoms with Crippen LogP contribution in [0.25, 0.3) is 0 Å². The number of rotatable bonds is 6. The van der Waals surface area contributed by atoms with E-state index in [9.17, 15) is 13.2 Å². The number of hydrogen-bond donors (Lipinski definition) is 1. The molecule has 0 bridgehead atoms. The van der Waals surface area contributed by atoms with Crippen LogP contribution in [0.5, 0.6) is 0 Å². The number of carbonyl (C=O) groups is 1. The van der Waals surface area contributed by atoms with Crippen LogP contribution in [-0.4, -0.2) is 42.6 Å². The molecule has 1 saturated heterocycles. The third kappa shape index (κ3) is 4.91. The normalized spacial score (nSPS) is 17.1. The van der Waals surface area contributed by atoms with Gasteiger partial charge in [-0.2, -0.15) is 17.0 Å². The van der Waals surface area contributed by atoms with Gasteiger partial charge in [0.1, 0.15) is 0 Å². The van der Waals surface area contributed by atoms with Crippen LogP contribution in [0.1, 0.15) is 41.2 Å². The Morgan fingerprint density at radius 1 is 1.00 bits per heavy atom. The molecule has 1 heterocycles. The third-order valence-corrected chi connectivity index (χ3v) is 7.57. The van der Waals surface area contributed by atoms with Crippen molar-refractivity contribution in [2.24, 2.45) is 0 Å². The third-order valence-electron chi connectivity index (χ3n) is 5.64. The quantitative estimate of drug-likeness (QED) is 0.763. The lowest BCUT2D eigenvalue weighted by Crippen LogP contribution is -2.51. The van der Waals surface area contributed by atoms with E-state index in [0.717, 1.165) is 39.9 Å². The van der Waals surface area contributed by atoms with Gasteiger partial charge in [-0.3, -0.25) is 4.79 Å². The molecule has 1 amide bonds. The Kier molecular flexibility index (Phi) is 6.95. The molecule has 6 nitrogen and oxygen atoms in total. The molecule has 0 unspecified atom stereocenters. The molecular weight excluding hydrogens is 398 g/mol. The maximum absolute atomic E-state index is 13.2. The molecule has 0 aromatic heterocycles. The molecule has 0 saturated carbocycles. The van der Waals surface area contributed by atoms with Crippen molar-refractivity contribution in [3.05, 3.63) is 64.2 Å². The van der Waals surface area contributed by atoms with Gasteiger partial charge in [0.15, 0.2) is 0 Å². The van der Waals surface area contributed by atoms with Gasteiger partial charge >= 0.3 is 0 Å². The van der Waals surface area contributed by atoms with Crippen molar-refractivity contribution in [1.82, 2.24) is 8.61 Å². The van der Waals surface area contributed by atoms with Crippen LogP contribution < -0.4 is 5.32 Å². The summed E-state index contributed by atoms with van der Waals surface area (Å²) in [6.07, 6.45) is 1.49. The van der Waals surface area contributed by atoms with E-state index in [1.54, 1.807) is 0 Å². The first kappa shape index (κ1) is 22.5. The Morgan fingerprint density at radius 2 is 1.73 bits per heavy atom. The minimum atomic E-state index is -3.70. The van der Waals surface area contributed by atoms with Crippen LogP contribution in [0.4, 0.5) is 5.69 Å². The summed E-state index contributed by atoms with van der Waals surface area (Å²) >= 11 is 0. The summed E-state index contributed by atoms with van der Waals surface area (Å²) in [5.41, 5.74) is 5.97. The summed E-state index contributed by atoms with van der Waals surface area (Å²) in [6, 6.07) is 12.0. The number of aryl methyl sites for hydroxylation is 4. The smallest absolute Gasteiger partial charge is 0.282 e. The van der Waals surface area contributed by atoms with Crippen LogP contribution in [0.2, 0.25) is 0 Å². The largest absolute Gasteiger partial charge is 0.324 e. The summed E-state index contributed by atoms with van der Waals surface area (Å²) in [5, 5.41) is 2.93. The van der Waals surface area contributed by atoms with Crippen LogP contribution in [0, 0.1) is 20.8 Å². The minimum absolute atomic E-state index is 0.177. The fourth-order valence-corrected chi connectivity index (χ4v) is 5.47. The van der Waals surface area contributed by atoms with Gasteiger partial charge in [0.25, 0.3) is 10.2 Å². The zero-order valence-electron chi connectivity index (χ0n) is 18.2. The second kappa shape index (κ2) is 9.29. The van der Waals surface area contributed by atoms with Crippen molar-refractivity contribution in [2.75, 3.05) is 25.0 Å². The Hall–Kier alpha value is -2.22. The van der Waals surface area contributed by atoms with E-state index in [4.69, 9.17) is 0 Å². The molecule has 1 fully saturated rings.